The van der Waals surface area contributed by atoms with E-state index in [1.54, 1.807) is 33.0 Å². The van der Waals surface area contributed by atoms with Crippen molar-refractivity contribution in [3.8, 4) is 5.75 Å². The largest absolute Gasteiger partial charge is 0.484 e. The number of halogens is 3. The van der Waals surface area contributed by atoms with E-state index in [2.05, 4.69) is 0 Å². The summed E-state index contributed by atoms with van der Waals surface area (Å²) < 4.78 is 41.8. The van der Waals surface area contributed by atoms with E-state index in [0.717, 1.165) is 5.56 Å². The summed E-state index contributed by atoms with van der Waals surface area (Å²) in [6.45, 7) is 2.37. The molecule has 0 radical (unpaired) electrons. The van der Waals surface area contributed by atoms with E-state index in [-0.39, 0.29) is 37.1 Å². The number of rotatable bonds is 8. The number of hydrogen-bond donors (Lipinski definition) is 2. The molecule has 5 nitrogen and oxygen atoms in total. The molecule has 1 amide bonds. The predicted molar refractivity (Wildman–Crippen MR) is 88.2 cm³/mol. The van der Waals surface area contributed by atoms with Crippen LogP contribution in [-0.4, -0.2) is 48.9 Å². The first-order chi connectivity index (χ1) is 11.6. The van der Waals surface area contributed by atoms with Crippen molar-refractivity contribution in [2.45, 2.75) is 33.0 Å². The van der Waals surface area contributed by atoms with Gasteiger partial charge in [-0.05, 0) is 37.1 Å². The average Bonchev–Trinajstić information content (AvgIpc) is 2.50. The highest BCUT2D eigenvalue weighted by molar-refractivity contribution is 5.76. The minimum atomic E-state index is -4.39. The Morgan fingerprint density at radius 3 is 2.32 bits per heavy atom. The van der Waals surface area contributed by atoms with Crippen LogP contribution >= 0.6 is 0 Å². The molecule has 0 unspecified atom stereocenters. The summed E-state index contributed by atoms with van der Waals surface area (Å²) in [7, 11) is 1.63. The molecule has 1 aromatic rings. The van der Waals surface area contributed by atoms with E-state index >= 15 is 0 Å². The van der Waals surface area contributed by atoms with Gasteiger partial charge in [0.2, 0.25) is 5.91 Å². The van der Waals surface area contributed by atoms with Gasteiger partial charge in [-0.15, -0.1) is 0 Å². The van der Waals surface area contributed by atoms with Gasteiger partial charge in [-0.25, -0.2) is 0 Å². The van der Waals surface area contributed by atoms with Crippen molar-refractivity contribution in [1.29, 1.82) is 0 Å². The zero-order valence-corrected chi connectivity index (χ0v) is 14.7. The monoisotopic (exact) mass is 362 g/mol. The van der Waals surface area contributed by atoms with Crippen LogP contribution < -0.4 is 10.5 Å². The number of hydrogen-bond acceptors (Lipinski definition) is 4. The predicted octanol–water partition coefficient (Wildman–Crippen LogP) is 2.16. The maximum atomic E-state index is 12.3. The van der Waals surface area contributed by atoms with E-state index in [0.29, 0.717) is 17.7 Å². The summed E-state index contributed by atoms with van der Waals surface area (Å²) >= 11 is 0. The molecule has 0 saturated heterocycles. The lowest BCUT2D eigenvalue weighted by Gasteiger charge is -2.21. The lowest BCUT2D eigenvalue weighted by Crippen LogP contribution is -2.31. The normalized spacial score (nSPS) is 12.8. The third-order valence-corrected chi connectivity index (χ3v) is 3.80. The molecule has 3 N–H and O–H groups in total. The van der Waals surface area contributed by atoms with Crippen molar-refractivity contribution < 1.29 is 27.8 Å². The zero-order chi connectivity index (χ0) is 19.2. The molecule has 25 heavy (non-hydrogen) atoms. The van der Waals surface area contributed by atoms with Crippen LogP contribution in [0, 0.1) is 19.8 Å². The molecular weight excluding hydrogens is 337 g/mol. The van der Waals surface area contributed by atoms with Crippen LogP contribution in [0.1, 0.15) is 23.1 Å². The van der Waals surface area contributed by atoms with Gasteiger partial charge in [0.25, 0.3) is 0 Å². The number of aliphatic hydroxyl groups is 1. The summed E-state index contributed by atoms with van der Waals surface area (Å²) in [4.78, 5) is 13.6. The van der Waals surface area contributed by atoms with Crippen LogP contribution in [-0.2, 0) is 11.3 Å². The fraction of sp³-hybridized carbons (Fsp3) is 0.588. The number of aliphatic hydroxyl groups excluding tert-OH is 1. The molecule has 0 aliphatic heterocycles. The second-order valence-corrected chi connectivity index (χ2v) is 6.20. The smallest absolute Gasteiger partial charge is 0.422 e. The first-order valence-corrected chi connectivity index (χ1v) is 7.92. The highest BCUT2D eigenvalue weighted by Crippen LogP contribution is 2.27. The highest BCUT2D eigenvalue weighted by atomic mass is 19.4. The van der Waals surface area contributed by atoms with Crippen LogP contribution in [0.4, 0.5) is 13.2 Å². The Kier molecular flexibility index (Phi) is 7.69. The number of carbonyl (C=O) groups excluding carboxylic acids is 1. The molecule has 1 aromatic carbocycles. The molecule has 0 bridgehead atoms. The summed E-state index contributed by atoms with van der Waals surface area (Å²) in [5.41, 5.74) is 7.42. The number of carbonyl (C=O) groups is 1. The van der Waals surface area contributed by atoms with Crippen molar-refractivity contribution in [1.82, 2.24) is 4.90 Å². The second kappa shape index (κ2) is 9.05. The second-order valence-electron chi connectivity index (χ2n) is 6.20. The first-order valence-electron chi connectivity index (χ1n) is 7.92. The fourth-order valence-electron chi connectivity index (χ4n) is 2.50. The summed E-state index contributed by atoms with van der Waals surface area (Å²) in [5, 5.41) is 9.11. The van der Waals surface area contributed by atoms with Gasteiger partial charge in [-0.1, -0.05) is 12.1 Å². The van der Waals surface area contributed by atoms with Gasteiger partial charge in [-0.3, -0.25) is 4.79 Å². The Balaban J connectivity index is 2.78. The fourth-order valence-corrected chi connectivity index (χ4v) is 2.50. The van der Waals surface area contributed by atoms with Crippen molar-refractivity contribution in [3.63, 3.8) is 0 Å². The number of nitrogens with zero attached hydrogens (tertiary/aromatic N) is 1. The quantitative estimate of drug-likeness (QED) is 0.743. The molecule has 0 spiro atoms. The standard InChI is InChI=1S/C17H25F3N2O3/c1-11-4-13(5-12(2)16(11)25-10-17(18,19)20)8-22(3)15(24)6-14(7-21)9-23/h4-5,14,23H,6-10,21H2,1-3H3/t14-/m1/s1. The van der Waals surface area contributed by atoms with Gasteiger partial charge < -0.3 is 20.5 Å². The van der Waals surface area contributed by atoms with Crippen LogP contribution in [0.2, 0.25) is 0 Å². The minimum absolute atomic E-state index is 0.147. The number of benzene rings is 1. The molecule has 0 aliphatic carbocycles. The van der Waals surface area contributed by atoms with E-state index in [1.807, 2.05) is 0 Å². The molecular formula is C17H25F3N2O3. The van der Waals surface area contributed by atoms with E-state index in [1.165, 1.54) is 4.90 Å². The summed E-state index contributed by atoms with van der Waals surface area (Å²) in [5.74, 6) is -0.229. The van der Waals surface area contributed by atoms with Crippen molar-refractivity contribution in [2.24, 2.45) is 11.7 Å². The molecule has 0 aromatic heterocycles. The topological polar surface area (TPSA) is 75.8 Å². The average molecular weight is 362 g/mol. The van der Waals surface area contributed by atoms with Crippen LogP contribution in [0.25, 0.3) is 0 Å². The maximum absolute atomic E-state index is 12.3. The van der Waals surface area contributed by atoms with Gasteiger partial charge in [-0.2, -0.15) is 13.2 Å². The highest BCUT2D eigenvalue weighted by Gasteiger charge is 2.29. The van der Waals surface area contributed by atoms with Crippen LogP contribution in [0.15, 0.2) is 12.1 Å². The van der Waals surface area contributed by atoms with E-state index in [4.69, 9.17) is 15.6 Å². The zero-order valence-electron chi connectivity index (χ0n) is 14.7. The molecule has 0 heterocycles. The minimum Gasteiger partial charge on any atom is -0.484 e. The SMILES string of the molecule is Cc1cc(CN(C)C(=O)C[C@H](CN)CO)cc(C)c1OCC(F)(F)F. The number of alkyl halides is 3. The number of nitrogens with two attached hydrogens (primary N) is 1. The van der Waals surface area contributed by atoms with Crippen LogP contribution in [0.3, 0.4) is 0 Å². The Bertz CT molecular complexity index is 564. The molecule has 142 valence electrons. The molecule has 1 atom stereocenters. The van der Waals surface area contributed by atoms with Crippen molar-refractivity contribution in [2.75, 3.05) is 26.8 Å². The Labute approximate surface area is 145 Å². The first kappa shape index (κ1) is 21.2. The van der Waals surface area contributed by atoms with E-state index < -0.39 is 12.8 Å². The molecule has 0 aliphatic rings. The van der Waals surface area contributed by atoms with Gasteiger partial charge in [0.1, 0.15) is 5.75 Å². The molecule has 0 saturated carbocycles. The van der Waals surface area contributed by atoms with Crippen molar-refractivity contribution >= 4 is 5.91 Å². The Hall–Kier alpha value is -1.80. The lowest BCUT2D eigenvalue weighted by atomic mass is 10.0. The third-order valence-electron chi connectivity index (χ3n) is 3.80. The lowest BCUT2D eigenvalue weighted by molar-refractivity contribution is -0.153. The molecule has 1 rings (SSSR count). The summed E-state index contributed by atoms with van der Waals surface area (Å²) in [6.07, 6.45) is -4.25. The molecule has 0 fully saturated rings. The third kappa shape index (κ3) is 6.91. The van der Waals surface area contributed by atoms with Gasteiger partial charge in [0.05, 0.1) is 0 Å². The molecule has 8 heteroatoms. The van der Waals surface area contributed by atoms with Gasteiger partial charge >= 0.3 is 6.18 Å². The van der Waals surface area contributed by atoms with E-state index in [9.17, 15) is 18.0 Å². The Morgan fingerprint density at radius 1 is 1.32 bits per heavy atom. The number of aryl methyl sites for hydroxylation is 2. The summed E-state index contributed by atoms with van der Waals surface area (Å²) in [6, 6.07) is 3.41. The van der Waals surface area contributed by atoms with Gasteiger partial charge in [0.15, 0.2) is 6.61 Å². The van der Waals surface area contributed by atoms with Crippen LogP contribution in [0.5, 0.6) is 5.75 Å². The maximum Gasteiger partial charge on any atom is 0.422 e. The number of ether oxygens (including phenoxy) is 1. The van der Waals surface area contributed by atoms with Gasteiger partial charge in [0, 0.05) is 32.5 Å². The Morgan fingerprint density at radius 2 is 1.88 bits per heavy atom. The van der Waals surface area contributed by atoms with Crippen molar-refractivity contribution in [3.05, 3.63) is 28.8 Å². The number of amides is 1.